The lowest BCUT2D eigenvalue weighted by Gasteiger charge is -2.27. The molecule has 0 aromatic rings. The predicted octanol–water partition coefficient (Wildman–Crippen LogP) is 2.08. The topological polar surface area (TPSA) is 101 Å². The van der Waals surface area contributed by atoms with Gasteiger partial charge in [-0.15, -0.1) is 9.35 Å². The number of fused-ring (bicyclic) bond motifs is 5. The normalized spacial score (nSPS) is 27.8. The molecule has 3 rings (SSSR count). The van der Waals surface area contributed by atoms with Crippen molar-refractivity contribution in [1.29, 1.82) is 0 Å². The molecule has 8 nitrogen and oxygen atoms in total. The Hall–Kier alpha value is -1.88. The van der Waals surface area contributed by atoms with E-state index in [1.165, 1.54) is 0 Å². The highest BCUT2D eigenvalue weighted by Crippen LogP contribution is 2.52. The Morgan fingerprint density at radius 1 is 1.10 bits per heavy atom. The summed E-state index contributed by atoms with van der Waals surface area (Å²) >= 11 is 0. The lowest BCUT2D eigenvalue weighted by molar-refractivity contribution is -0.169. The number of hydrogen-bond donors (Lipinski definition) is 0. The lowest BCUT2D eigenvalue weighted by Crippen LogP contribution is -2.51. The standard InChI is InChI=1S/C19H26F2N2O6S/c1-3-5-9-22(10-6-4-2)18(26)19(20,21)30(27,28)29-23-16(24)14-12-7-8-13(11-12)15(14)17(23)25/h7-8,12-15H,3-6,9-11H2,1-2H3. The predicted molar refractivity (Wildman–Crippen MR) is 101 cm³/mol. The molecule has 2 aliphatic carbocycles. The minimum absolute atomic E-state index is 0.0266. The Bertz CT molecular complexity index is 821. The first kappa shape index (κ1) is 22.8. The third-order valence-electron chi connectivity index (χ3n) is 6.02. The molecule has 11 heteroatoms. The highest BCUT2D eigenvalue weighted by Gasteiger charge is 2.64. The first-order valence-electron chi connectivity index (χ1n) is 10.2. The van der Waals surface area contributed by atoms with Crippen molar-refractivity contribution in [2.45, 2.75) is 51.2 Å². The van der Waals surface area contributed by atoms with Crippen LogP contribution in [0.1, 0.15) is 46.0 Å². The first-order chi connectivity index (χ1) is 14.1. The Morgan fingerprint density at radius 2 is 1.57 bits per heavy atom. The zero-order chi connectivity index (χ0) is 22.3. The quantitative estimate of drug-likeness (QED) is 0.375. The van der Waals surface area contributed by atoms with Crippen molar-refractivity contribution < 1.29 is 35.9 Å². The van der Waals surface area contributed by atoms with Gasteiger partial charge in [0, 0.05) is 13.1 Å². The van der Waals surface area contributed by atoms with Gasteiger partial charge in [0.1, 0.15) is 0 Å². The fraction of sp³-hybridized carbons (Fsp3) is 0.737. The van der Waals surface area contributed by atoms with Crippen LogP contribution in [0.25, 0.3) is 0 Å². The molecule has 4 atom stereocenters. The van der Waals surface area contributed by atoms with Crippen LogP contribution >= 0.6 is 0 Å². The number of unbranched alkanes of at least 4 members (excludes halogenated alkanes) is 2. The molecule has 0 N–H and O–H groups in total. The lowest BCUT2D eigenvalue weighted by atomic mass is 9.85. The molecule has 2 fully saturated rings. The third kappa shape index (κ3) is 3.66. The molecule has 1 heterocycles. The molecule has 4 unspecified atom stereocenters. The van der Waals surface area contributed by atoms with E-state index >= 15 is 0 Å². The monoisotopic (exact) mass is 448 g/mol. The van der Waals surface area contributed by atoms with Gasteiger partial charge in [-0.3, -0.25) is 14.4 Å². The van der Waals surface area contributed by atoms with Crippen LogP contribution in [-0.4, -0.2) is 54.4 Å². The smallest absolute Gasteiger partial charge is 0.336 e. The van der Waals surface area contributed by atoms with Gasteiger partial charge in [0.05, 0.1) is 11.8 Å². The molecule has 168 valence electrons. The Balaban J connectivity index is 1.77. The van der Waals surface area contributed by atoms with E-state index in [1.807, 2.05) is 13.8 Å². The summed E-state index contributed by atoms with van der Waals surface area (Å²) in [6.07, 6.45) is 6.23. The fourth-order valence-electron chi connectivity index (χ4n) is 4.40. The molecule has 0 aromatic carbocycles. The van der Waals surface area contributed by atoms with Gasteiger partial charge in [0.15, 0.2) is 0 Å². The van der Waals surface area contributed by atoms with Crippen LogP contribution < -0.4 is 0 Å². The van der Waals surface area contributed by atoms with E-state index in [9.17, 15) is 31.6 Å². The number of halogens is 2. The second-order valence-corrected chi connectivity index (χ2v) is 9.59. The summed E-state index contributed by atoms with van der Waals surface area (Å²) in [7, 11) is -5.91. The maximum atomic E-state index is 14.7. The maximum absolute atomic E-state index is 14.7. The Kier molecular flexibility index (Phi) is 6.33. The number of nitrogens with zero attached hydrogens (tertiary/aromatic N) is 2. The van der Waals surface area contributed by atoms with Gasteiger partial charge in [-0.2, -0.15) is 17.2 Å². The molecule has 0 radical (unpaired) electrons. The SMILES string of the molecule is CCCCN(CCCC)C(=O)C(F)(F)S(=O)(=O)ON1C(=O)C2C3C=CC(C3)C2C1=O. The number of hydroxylamine groups is 2. The van der Waals surface area contributed by atoms with Gasteiger partial charge >= 0.3 is 21.3 Å². The number of alkyl halides is 2. The van der Waals surface area contributed by atoms with Crippen molar-refractivity contribution in [3.8, 4) is 0 Å². The van der Waals surface area contributed by atoms with E-state index in [2.05, 4.69) is 4.28 Å². The number of imide groups is 1. The maximum Gasteiger partial charge on any atom is 0.449 e. The molecular formula is C19H26F2N2O6S. The number of carbonyl (C=O) groups is 3. The molecule has 0 spiro atoms. The van der Waals surface area contributed by atoms with E-state index in [0.717, 1.165) is 4.90 Å². The van der Waals surface area contributed by atoms with Gasteiger partial charge in [0.25, 0.3) is 11.8 Å². The molecule has 1 aliphatic heterocycles. The summed E-state index contributed by atoms with van der Waals surface area (Å²) in [6, 6.07) is 0. The van der Waals surface area contributed by atoms with E-state index in [-0.39, 0.29) is 30.0 Å². The van der Waals surface area contributed by atoms with Crippen molar-refractivity contribution in [3.63, 3.8) is 0 Å². The molecule has 0 aromatic heterocycles. The molecular weight excluding hydrogens is 422 g/mol. The molecule has 3 aliphatic rings. The van der Waals surface area contributed by atoms with Gasteiger partial charge in [-0.05, 0) is 31.1 Å². The summed E-state index contributed by atoms with van der Waals surface area (Å²) in [4.78, 5) is 38.2. The number of allylic oxidation sites excluding steroid dienone is 2. The van der Waals surface area contributed by atoms with Crippen LogP contribution in [-0.2, 0) is 28.8 Å². The van der Waals surface area contributed by atoms with Crippen LogP contribution in [0.5, 0.6) is 0 Å². The first-order valence-corrected chi connectivity index (χ1v) is 11.6. The van der Waals surface area contributed by atoms with E-state index in [0.29, 0.717) is 32.1 Å². The Morgan fingerprint density at radius 3 is 2.00 bits per heavy atom. The third-order valence-corrected chi connectivity index (χ3v) is 7.16. The molecule has 3 amide bonds. The number of carbonyl (C=O) groups excluding carboxylic acids is 3. The van der Waals surface area contributed by atoms with Crippen LogP contribution in [0.4, 0.5) is 8.78 Å². The summed E-state index contributed by atoms with van der Waals surface area (Å²) < 4.78 is 58.3. The number of amides is 3. The van der Waals surface area contributed by atoms with Gasteiger partial charge < -0.3 is 4.90 Å². The molecule has 1 saturated carbocycles. The van der Waals surface area contributed by atoms with Crippen molar-refractivity contribution in [2.75, 3.05) is 13.1 Å². The summed E-state index contributed by atoms with van der Waals surface area (Å²) in [6.45, 7) is 3.57. The van der Waals surface area contributed by atoms with Crippen LogP contribution in [0, 0.1) is 23.7 Å². The number of hydrogen-bond acceptors (Lipinski definition) is 6. The van der Waals surface area contributed by atoms with Crippen LogP contribution in [0.3, 0.4) is 0 Å². The van der Waals surface area contributed by atoms with Gasteiger partial charge in [0.2, 0.25) is 0 Å². The fourth-order valence-corrected chi connectivity index (χ4v) is 5.18. The minimum Gasteiger partial charge on any atom is -0.336 e. The van der Waals surface area contributed by atoms with E-state index in [4.69, 9.17) is 0 Å². The second-order valence-electron chi connectivity index (χ2n) is 8.02. The highest BCUT2D eigenvalue weighted by molar-refractivity contribution is 7.88. The summed E-state index contributed by atoms with van der Waals surface area (Å²) in [5.41, 5.74) is 0. The highest BCUT2D eigenvalue weighted by atomic mass is 32.2. The van der Waals surface area contributed by atoms with E-state index < -0.39 is 44.9 Å². The van der Waals surface area contributed by atoms with Crippen molar-refractivity contribution >= 4 is 27.8 Å². The second kappa shape index (κ2) is 8.33. The molecule has 2 bridgehead atoms. The van der Waals surface area contributed by atoms with Crippen molar-refractivity contribution in [3.05, 3.63) is 12.2 Å². The van der Waals surface area contributed by atoms with Gasteiger partial charge in [-0.25, -0.2) is 0 Å². The summed E-state index contributed by atoms with van der Waals surface area (Å²) in [5.74, 6) is -5.92. The average Bonchev–Trinajstić information content (AvgIpc) is 3.37. The summed E-state index contributed by atoms with van der Waals surface area (Å²) in [5, 5.41) is -5.01. The van der Waals surface area contributed by atoms with Crippen LogP contribution in [0.2, 0.25) is 0 Å². The molecule has 30 heavy (non-hydrogen) atoms. The average molecular weight is 448 g/mol. The molecule has 1 saturated heterocycles. The van der Waals surface area contributed by atoms with Crippen molar-refractivity contribution in [2.24, 2.45) is 23.7 Å². The largest absolute Gasteiger partial charge is 0.449 e. The van der Waals surface area contributed by atoms with Crippen LogP contribution in [0.15, 0.2) is 12.2 Å². The van der Waals surface area contributed by atoms with Crippen molar-refractivity contribution in [1.82, 2.24) is 9.96 Å². The Labute approximate surface area is 174 Å². The number of rotatable bonds is 10. The van der Waals surface area contributed by atoms with Gasteiger partial charge in [-0.1, -0.05) is 38.8 Å². The zero-order valence-electron chi connectivity index (χ0n) is 16.9. The minimum atomic E-state index is -5.91. The zero-order valence-corrected chi connectivity index (χ0v) is 17.7. The van der Waals surface area contributed by atoms with E-state index in [1.54, 1.807) is 12.2 Å².